The summed E-state index contributed by atoms with van der Waals surface area (Å²) in [5, 5.41) is 6.40. The molecule has 2 aliphatic carbocycles. The molecule has 0 aromatic heterocycles. The molecule has 0 saturated carbocycles. The molecule has 2 aromatic carbocycles. The second kappa shape index (κ2) is 9.57. The van der Waals surface area contributed by atoms with Gasteiger partial charge < -0.3 is 15.4 Å². The third-order valence-electron chi connectivity index (χ3n) is 7.64. The zero-order valence-corrected chi connectivity index (χ0v) is 22.9. The second-order valence-corrected chi connectivity index (χ2v) is 12.5. The van der Waals surface area contributed by atoms with E-state index in [0.29, 0.717) is 35.4 Å². The van der Waals surface area contributed by atoms with Crippen LogP contribution in [-0.2, 0) is 14.4 Å². The van der Waals surface area contributed by atoms with Gasteiger partial charge in [-0.05, 0) is 48.8 Å². The van der Waals surface area contributed by atoms with Gasteiger partial charge in [-0.2, -0.15) is 0 Å². The van der Waals surface area contributed by atoms with Crippen LogP contribution < -0.4 is 15.4 Å². The summed E-state index contributed by atoms with van der Waals surface area (Å²) in [5.41, 5.74) is 5.38. The maximum absolute atomic E-state index is 13.6. The fourth-order valence-corrected chi connectivity index (χ4v) is 6.03. The number of carbonyl (C=O) groups is 3. The van der Waals surface area contributed by atoms with Gasteiger partial charge >= 0.3 is 0 Å². The Bertz CT molecular complexity index is 1330. The number of allylic oxidation sites excluding steroid dienone is 4. The minimum atomic E-state index is -0.509. The minimum absolute atomic E-state index is 0.0600. The van der Waals surface area contributed by atoms with Crippen LogP contribution in [0.3, 0.4) is 0 Å². The zero-order chi connectivity index (χ0) is 27.2. The molecule has 0 fully saturated rings. The van der Waals surface area contributed by atoms with Crippen LogP contribution in [0, 0.1) is 17.8 Å². The third-order valence-corrected chi connectivity index (χ3v) is 7.64. The van der Waals surface area contributed by atoms with E-state index >= 15 is 0 Å². The number of ketones is 2. The first kappa shape index (κ1) is 26.0. The number of benzene rings is 2. The Hall–Kier alpha value is -3.67. The van der Waals surface area contributed by atoms with Crippen molar-refractivity contribution in [3.8, 4) is 5.75 Å². The maximum Gasteiger partial charge on any atom is 0.262 e. The number of anilines is 1. The maximum atomic E-state index is 13.6. The Kier molecular flexibility index (Phi) is 6.54. The van der Waals surface area contributed by atoms with Gasteiger partial charge in [0.25, 0.3) is 5.91 Å². The summed E-state index contributed by atoms with van der Waals surface area (Å²) in [5.74, 6) is -0.160. The molecule has 1 amide bonds. The molecule has 2 aromatic rings. The molecule has 6 nitrogen and oxygen atoms in total. The van der Waals surface area contributed by atoms with Gasteiger partial charge in [-0.3, -0.25) is 14.4 Å². The van der Waals surface area contributed by atoms with Gasteiger partial charge in [-0.15, -0.1) is 0 Å². The predicted octanol–water partition coefficient (Wildman–Crippen LogP) is 5.99. The van der Waals surface area contributed by atoms with Crippen molar-refractivity contribution >= 4 is 23.2 Å². The molecular formula is C32H36N2O4. The first-order valence-corrected chi connectivity index (χ1v) is 13.3. The number of aryl methyl sites for hydroxylation is 1. The van der Waals surface area contributed by atoms with E-state index in [1.165, 1.54) is 0 Å². The number of amides is 1. The van der Waals surface area contributed by atoms with E-state index in [0.717, 1.165) is 35.4 Å². The molecule has 1 heterocycles. The summed E-state index contributed by atoms with van der Waals surface area (Å²) >= 11 is 0. The molecule has 198 valence electrons. The first-order valence-electron chi connectivity index (χ1n) is 13.3. The molecule has 0 radical (unpaired) electrons. The van der Waals surface area contributed by atoms with Crippen LogP contribution in [0.25, 0.3) is 0 Å². The highest BCUT2D eigenvalue weighted by molar-refractivity contribution is 6.07. The SMILES string of the molecule is Cc1ccc(NC(=O)COc2ccccc2C2C3=C(CC(C)(C)CC3=O)NC3=C2C(=O)CC(C)(C)C3)cc1. The number of para-hydroxylation sites is 1. The molecule has 1 aliphatic heterocycles. The highest BCUT2D eigenvalue weighted by atomic mass is 16.5. The van der Waals surface area contributed by atoms with Crippen LogP contribution >= 0.6 is 0 Å². The van der Waals surface area contributed by atoms with Crippen LogP contribution in [-0.4, -0.2) is 24.1 Å². The highest BCUT2D eigenvalue weighted by Crippen LogP contribution is 2.52. The lowest BCUT2D eigenvalue weighted by atomic mass is 9.64. The smallest absolute Gasteiger partial charge is 0.262 e. The summed E-state index contributed by atoms with van der Waals surface area (Å²) in [6.07, 6.45) is 2.32. The van der Waals surface area contributed by atoms with Crippen molar-refractivity contribution < 1.29 is 19.1 Å². The lowest BCUT2D eigenvalue weighted by molar-refractivity contribution is -0.120. The summed E-state index contributed by atoms with van der Waals surface area (Å²) in [7, 11) is 0. The standard InChI is InChI=1S/C32H36N2O4/c1-19-10-12-20(13-11-19)33-27(37)18-38-26-9-7-6-8-21(26)28-29-22(14-31(2,3)16-24(29)35)34-23-15-32(4,5)17-25(36)30(23)28/h6-13,28,34H,14-18H2,1-5H3,(H,33,37). The highest BCUT2D eigenvalue weighted by Gasteiger charge is 2.47. The van der Waals surface area contributed by atoms with Gasteiger partial charge in [0.15, 0.2) is 18.2 Å². The van der Waals surface area contributed by atoms with Crippen LogP contribution in [0.1, 0.15) is 70.4 Å². The van der Waals surface area contributed by atoms with Gasteiger partial charge in [-0.1, -0.05) is 63.6 Å². The molecule has 2 N–H and O–H groups in total. The Morgan fingerprint density at radius 1 is 0.868 bits per heavy atom. The van der Waals surface area contributed by atoms with E-state index in [9.17, 15) is 14.4 Å². The van der Waals surface area contributed by atoms with Crippen LogP contribution in [0.2, 0.25) is 0 Å². The number of ether oxygens (including phenoxy) is 1. The quantitative estimate of drug-likeness (QED) is 0.514. The number of rotatable bonds is 5. The van der Waals surface area contributed by atoms with E-state index < -0.39 is 5.92 Å². The fraction of sp³-hybridized carbons (Fsp3) is 0.406. The van der Waals surface area contributed by atoms with Crippen molar-refractivity contribution in [2.45, 2.75) is 66.2 Å². The Morgan fingerprint density at radius 3 is 2.00 bits per heavy atom. The Labute approximate surface area is 224 Å². The Balaban J connectivity index is 1.50. The number of carbonyl (C=O) groups excluding carboxylic acids is 3. The first-order chi connectivity index (χ1) is 17.9. The molecule has 0 spiro atoms. The molecule has 5 rings (SSSR count). The van der Waals surface area contributed by atoms with Crippen molar-refractivity contribution in [2.75, 3.05) is 11.9 Å². The van der Waals surface area contributed by atoms with Crippen molar-refractivity contribution in [2.24, 2.45) is 10.8 Å². The van der Waals surface area contributed by atoms with E-state index in [1.54, 1.807) is 0 Å². The van der Waals surface area contributed by atoms with Crippen LogP contribution in [0.4, 0.5) is 5.69 Å². The van der Waals surface area contributed by atoms with Gasteiger partial charge in [0, 0.05) is 52.6 Å². The lowest BCUT2D eigenvalue weighted by Crippen LogP contribution is -2.42. The third kappa shape index (κ3) is 5.17. The summed E-state index contributed by atoms with van der Waals surface area (Å²) in [4.78, 5) is 39.9. The van der Waals surface area contributed by atoms with Gasteiger partial charge in [0.2, 0.25) is 0 Å². The van der Waals surface area contributed by atoms with E-state index in [2.05, 4.69) is 38.3 Å². The minimum Gasteiger partial charge on any atom is -0.483 e. The van der Waals surface area contributed by atoms with Crippen LogP contribution in [0.5, 0.6) is 5.75 Å². The molecule has 0 saturated heterocycles. The van der Waals surface area contributed by atoms with E-state index in [-0.39, 0.29) is 34.9 Å². The summed E-state index contributed by atoms with van der Waals surface area (Å²) in [6, 6.07) is 15.0. The normalized spacial score (nSPS) is 20.4. The second-order valence-electron chi connectivity index (χ2n) is 12.5. The van der Waals surface area contributed by atoms with Crippen LogP contribution in [0.15, 0.2) is 71.1 Å². The van der Waals surface area contributed by atoms with E-state index in [1.807, 2.05) is 55.5 Å². The number of hydrogen-bond donors (Lipinski definition) is 2. The Morgan fingerprint density at radius 2 is 1.42 bits per heavy atom. The fourth-order valence-electron chi connectivity index (χ4n) is 6.03. The largest absolute Gasteiger partial charge is 0.483 e. The average Bonchev–Trinajstić information content (AvgIpc) is 2.81. The van der Waals surface area contributed by atoms with Crippen molar-refractivity contribution in [1.82, 2.24) is 5.32 Å². The zero-order valence-electron chi connectivity index (χ0n) is 22.9. The molecular weight excluding hydrogens is 476 g/mol. The molecule has 6 heteroatoms. The molecule has 0 bridgehead atoms. The average molecular weight is 513 g/mol. The number of Topliss-reactive ketones (excluding diaryl/α,β-unsaturated/α-hetero) is 2. The summed E-state index contributed by atoms with van der Waals surface area (Å²) in [6.45, 7) is 10.2. The van der Waals surface area contributed by atoms with E-state index in [4.69, 9.17) is 4.74 Å². The molecule has 0 atom stereocenters. The number of hydrogen-bond acceptors (Lipinski definition) is 5. The number of dihydropyridines is 1. The molecule has 38 heavy (non-hydrogen) atoms. The van der Waals surface area contributed by atoms with Crippen molar-refractivity contribution in [1.29, 1.82) is 0 Å². The van der Waals surface area contributed by atoms with Gasteiger partial charge in [0.05, 0.1) is 0 Å². The van der Waals surface area contributed by atoms with Crippen molar-refractivity contribution in [3.05, 3.63) is 82.2 Å². The summed E-state index contributed by atoms with van der Waals surface area (Å²) < 4.78 is 6.06. The van der Waals surface area contributed by atoms with Gasteiger partial charge in [0.1, 0.15) is 5.75 Å². The molecule has 3 aliphatic rings. The lowest BCUT2D eigenvalue weighted by Gasteiger charge is -2.44. The van der Waals surface area contributed by atoms with Crippen molar-refractivity contribution in [3.63, 3.8) is 0 Å². The molecule has 0 unspecified atom stereocenters. The monoisotopic (exact) mass is 512 g/mol. The van der Waals surface area contributed by atoms with Gasteiger partial charge in [-0.25, -0.2) is 0 Å². The topological polar surface area (TPSA) is 84.5 Å². The number of nitrogens with one attached hydrogen (secondary N) is 2. The predicted molar refractivity (Wildman–Crippen MR) is 148 cm³/mol.